The SMILES string of the molecule is CCC(C)(C)Cn1cnc(N)n1. The maximum absolute atomic E-state index is 5.40. The average molecular weight is 168 g/mol. The van der Waals surface area contributed by atoms with Crippen molar-refractivity contribution in [2.45, 2.75) is 33.7 Å². The van der Waals surface area contributed by atoms with Crippen molar-refractivity contribution in [1.82, 2.24) is 14.8 Å². The van der Waals surface area contributed by atoms with Crippen LogP contribution in [0.4, 0.5) is 5.95 Å². The first kappa shape index (κ1) is 9.03. The predicted molar refractivity (Wildman–Crippen MR) is 48.5 cm³/mol. The molecule has 1 aromatic heterocycles. The fourth-order valence-corrected chi connectivity index (χ4v) is 0.936. The van der Waals surface area contributed by atoms with E-state index in [-0.39, 0.29) is 5.41 Å². The lowest BCUT2D eigenvalue weighted by Crippen LogP contribution is -2.19. The van der Waals surface area contributed by atoms with Crippen LogP contribution < -0.4 is 5.73 Å². The van der Waals surface area contributed by atoms with Gasteiger partial charge in [-0.15, -0.1) is 5.10 Å². The van der Waals surface area contributed by atoms with Gasteiger partial charge in [-0.3, -0.25) is 4.68 Å². The second-order valence-electron chi connectivity index (χ2n) is 3.82. The topological polar surface area (TPSA) is 56.7 Å². The Kier molecular flexibility index (Phi) is 2.35. The summed E-state index contributed by atoms with van der Waals surface area (Å²) in [5.74, 6) is 0.349. The van der Waals surface area contributed by atoms with Gasteiger partial charge in [0.2, 0.25) is 5.95 Å². The van der Waals surface area contributed by atoms with E-state index in [1.165, 1.54) is 0 Å². The van der Waals surface area contributed by atoms with E-state index >= 15 is 0 Å². The van der Waals surface area contributed by atoms with Gasteiger partial charge < -0.3 is 5.73 Å². The molecular weight excluding hydrogens is 152 g/mol. The summed E-state index contributed by atoms with van der Waals surface area (Å²) < 4.78 is 1.79. The van der Waals surface area contributed by atoms with E-state index in [0.717, 1.165) is 13.0 Å². The average Bonchev–Trinajstić information content (AvgIpc) is 2.35. The molecule has 0 radical (unpaired) electrons. The Morgan fingerprint density at radius 1 is 1.58 bits per heavy atom. The summed E-state index contributed by atoms with van der Waals surface area (Å²) in [6, 6.07) is 0. The lowest BCUT2D eigenvalue weighted by molar-refractivity contribution is 0.280. The monoisotopic (exact) mass is 168 g/mol. The molecule has 2 N–H and O–H groups in total. The molecule has 0 aromatic carbocycles. The molecule has 1 aromatic rings. The summed E-state index contributed by atoms with van der Waals surface area (Å²) in [6.07, 6.45) is 2.79. The third-order valence-electron chi connectivity index (χ3n) is 2.10. The summed E-state index contributed by atoms with van der Waals surface area (Å²) in [5.41, 5.74) is 5.66. The molecule has 68 valence electrons. The molecule has 4 heteroatoms. The summed E-state index contributed by atoms with van der Waals surface area (Å²) >= 11 is 0. The minimum absolute atomic E-state index is 0.264. The van der Waals surface area contributed by atoms with Crippen LogP contribution in [0.1, 0.15) is 27.2 Å². The van der Waals surface area contributed by atoms with Crippen LogP contribution in [0.2, 0.25) is 0 Å². The molecular formula is C8H16N4. The fourth-order valence-electron chi connectivity index (χ4n) is 0.936. The number of aromatic nitrogens is 3. The Balaban J connectivity index is 2.63. The minimum Gasteiger partial charge on any atom is -0.367 e. The van der Waals surface area contributed by atoms with Gasteiger partial charge in [-0.05, 0) is 11.8 Å². The van der Waals surface area contributed by atoms with Crippen LogP contribution in [0.25, 0.3) is 0 Å². The Bertz CT molecular complexity index is 251. The van der Waals surface area contributed by atoms with Crippen LogP contribution in [0.15, 0.2) is 6.33 Å². The minimum atomic E-state index is 0.264. The summed E-state index contributed by atoms with van der Waals surface area (Å²) in [6.45, 7) is 7.43. The van der Waals surface area contributed by atoms with Crippen LogP contribution in [-0.4, -0.2) is 14.8 Å². The van der Waals surface area contributed by atoms with Crippen molar-refractivity contribution < 1.29 is 0 Å². The van der Waals surface area contributed by atoms with Gasteiger partial charge in [0.25, 0.3) is 0 Å². The van der Waals surface area contributed by atoms with Crippen LogP contribution in [0, 0.1) is 5.41 Å². The molecule has 0 aliphatic carbocycles. The number of nitrogens with zero attached hydrogens (tertiary/aromatic N) is 3. The van der Waals surface area contributed by atoms with Crippen molar-refractivity contribution in [3.8, 4) is 0 Å². The van der Waals surface area contributed by atoms with E-state index in [1.807, 2.05) is 0 Å². The smallest absolute Gasteiger partial charge is 0.239 e. The number of hydrogen-bond donors (Lipinski definition) is 1. The van der Waals surface area contributed by atoms with Gasteiger partial charge in [0, 0.05) is 6.54 Å². The zero-order valence-corrected chi connectivity index (χ0v) is 7.91. The molecule has 0 aliphatic rings. The molecule has 0 atom stereocenters. The molecule has 12 heavy (non-hydrogen) atoms. The number of anilines is 1. The summed E-state index contributed by atoms with van der Waals surface area (Å²) in [5, 5.41) is 4.03. The molecule has 0 bridgehead atoms. The second kappa shape index (κ2) is 3.13. The van der Waals surface area contributed by atoms with Gasteiger partial charge in [0.15, 0.2) is 0 Å². The third kappa shape index (κ3) is 2.22. The zero-order valence-electron chi connectivity index (χ0n) is 7.91. The van der Waals surface area contributed by atoms with Gasteiger partial charge in [-0.1, -0.05) is 20.8 Å². The number of hydrogen-bond acceptors (Lipinski definition) is 3. The molecule has 0 fully saturated rings. The highest BCUT2D eigenvalue weighted by Gasteiger charge is 2.16. The standard InChI is InChI=1S/C8H16N4/c1-4-8(2,3)5-12-6-10-7(9)11-12/h6H,4-5H2,1-3H3,(H2,9,11). The van der Waals surface area contributed by atoms with E-state index in [0.29, 0.717) is 5.95 Å². The number of nitrogen functional groups attached to an aromatic ring is 1. The molecule has 0 aliphatic heterocycles. The van der Waals surface area contributed by atoms with Gasteiger partial charge >= 0.3 is 0 Å². The quantitative estimate of drug-likeness (QED) is 0.740. The maximum atomic E-state index is 5.40. The van der Waals surface area contributed by atoms with Crippen molar-refractivity contribution in [3.63, 3.8) is 0 Å². The summed E-state index contributed by atoms with van der Waals surface area (Å²) in [7, 11) is 0. The normalized spacial score (nSPS) is 11.9. The van der Waals surface area contributed by atoms with E-state index in [1.54, 1.807) is 11.0 Å². The molecule has 0 saturated carbocycles. The van der Waals surface area contributed by atoms with E-state index < -0.39 is 0 Å². The van der Waals surface area contributed by atoms with E-state index in [9.17, 15) is 0 Å². The van der Waals surface area contributed by atoms with E-state index in [4.69, 9.17) is 5.73 Å². The Hall–Kier alpha value is -1.06. The number of nitrogens with two attached hydrogens (primary N) is 1. The highest BCUT2D eigenvalue weighted by atomic mass is 15.4. The second-order valence-corrected chi connectivity index (χ2v) is 3.82. The van der Waals surface area contributed by atoms with Gasteiger partial charge in [-0.25, -0.2) is 4.98 Å². The molecule has 0 amide bonds. The molecule has 4 nitrogen and oxygen atoms in total. The first-order valence-corrected chi connectivity index (χ1v) is 4.18. The van der Waals surface area contributed by atoms with Crippen molar-refractivity contribution in [2.24, 2.45) is 5.41 Å². The van der Waals surface area contributed by atoms with Crippen molar-refractivity contribution in [3.05, 3.63) is 6.33 Å². The zero-order chi connectivity index (χ0) is 9.19. The lowest BCUT2D eigenvalue weighted by Gasteiger charge is -2.21. The van der Waals surface area contributed by atoms with Crippen molar-refractivity contribution in [1.29, 1.82) is 0 Å². The maximum Gasteiger partial charge on any atom is 0.239 e. The van der Waals surface area contributed by atoms with Crippen LogP contribution in [-0.2, 0) is 6.54 Å². The van der Waals surface area contributed by atoms with Crippen LogP contribution in [0.3, 0.4) is 0 Å². The van der Waals surface area contributed by atoms with Gasteiger partial charge in [0.05, 0.1) is 0 Å². The molecule has 1 heterocycles. The Labute approximate surface area is 72.8 Å². The first-order valence-electron chi connectivity index (χ1n) is 4.18. The molecule has 0 unspecified atom stereocenters. The lowest BCUT2D eigenvalue weighted by atomic mass is 9.90. The molecule has 1 rings (SSSR count). The Morgan fingerprint density at radius 2 is 2.25 bits per heavy atom. The largest absolute Gasteiger partial charge is 0.367 e. The highest BCUT2D eigenvalue weighted by molar-refractivity contribution is 5.09. The Morgan fingerprint density at radius 3 is 2.67 bits per heavy atom. The molecule has 0 spiro atoms. The first-order chi connectivity index (χ1) is 5.53. The predicted octanol–water partition coefficient (Wildman–Crippen LogP) is 1.30. The third-order valence-corrected chi connectivity index (χ3v) is 2.10. The van der Waals surface area contributed by atoms with Gasteiger partial charge in [0.1, 0.15) is 6.33 Å². The summed E-state index contributed by atoms with van der Waals surface area (Å²) in [4.78, 5) is 3.86. The van der Waals surface area contributed by atoms with Crippen molar-refractivity contribution >= 4 is 5.95 Å². The fraction of sp³-hybridized carbons (Fsp3) is 0.750. The highest BCUT2D eigenvalue weighted by Crippen LogP contribution is 2.21. The number of rotatable bonds is 3. The molecule has 0 saturated heterocycles. The van der Waals surface area contributed by atoms with Crippen LogP contribution in [0.5, 0.6) is 0 Å². The van der Waals surface area contributed by atoms with Crippen LogP contribution >= 0.6 is 0 Å². The van der Waals surface area contributed by atoms with Gasteiger partial charge in [-0.2, -0.15) is 0 Å². The van der Waals surface area contributed by atoms with E-state index in [2.05, 4.69) is 30.9 Å². The van der Waals surface area contributed by atoms with Crippen molar-refractivity contribution in [2.75, 3.05) is 5.73 Å².